The summed E-state index contributed by atoms with van der Waals surface area (Å²) in [4.78, 5) is 12.2. The summed E-state index contributed by atoms with van der Waals surface area (Å²) in [5.74, 6) is -0.271. The zero-order valence-corrected chi connectivity index (χ0v) is 12.3. The Morgan fingerprint density at radius 3 is 2.52 bits per heavy atom. The van der Waals surface area contributed by atoms with Crippen LogP contribution in [0.25, 0.3) is 0 Å². The third-order valence-electron chi connectivity index (χ3n) is 3.19. The van der Waals surface area contributed by atoms with Crippen LogP contribution in [-0.4, -0.2) is 12.5 Å². The summed E-state index contributed by atoms with van der Waals surface area (Å²) in [7, 11) is 0. The second-order valence-corrected chi connectivity index (χ2v) is 4.90. The highest BCUT2D eigenvalue weighted by Crippen LogP contribution is 2.12. The SMILES string of the molecule is CCCNCc1ccccc1C(=O)OCc1ccccc1. The van der Waals surface area contributed by atoms with E-state index in [1.54, 1.807) is 0 Å². The van der Waals surface area contributed by atoms with Gasteiger partial charge in [-0.05, 0) is 30.2 Å². The number of carbonyl (C=O) groups excluding carboxylic acids is 1. The van der Waals surface area contributed by atoms with Crippen molar-refractivity contribution in [1.29, 1.82) is 0 Å². The van der Waals surface area contributed by atoms with Crippen LogP contribution in [0.1, 0.15) is 34.8 Å². The van der Waals surface area contributed by atoms with Crippen LogP contribution in [0.3, 0.4) is 0 Å². The summed E-state index contributed by atoms with van der Waals surface area (Å²) in [5.41, 5.74) is 2.61. The molecule has 0 saturated heterocycles. The van der Waals surface area contributed by atoms with Gasteiger partial charge in [-0.1, -0.05) is 55.5 Å². The van der Waals surface area contributed by atoms with Gasteiger partial charge < -0.3 is 10.1 Å². The molecule has 0 fully saturated rings. The maximum Gasteiger partial charge on any atom is 0.338 e. The average Bonchev–Trinajstić information content (AvgIpc) is 2.54. The molecule has 0 aliphatic heterocycles. The molecule has 2 aromatic carbocycles. The summed E-state index contributed by atoms with van der Waals surface area (Å²) in [6.07, 6.45) is 1.07. The van der Waals surface area contributed by atoms with Gasteiger partial charge in [0.15, 0.2) is 0 Å². The minimum absolute atomic E-state index is 0.271. The summed E-state index contributed by atoms with van der Waals surface area (Å²) in [5, 5.41) is 3.31. The van der Waals surface area contributed by atoms with E-state index in [1.165, 1.54) is 0 Å². The van der Waals surface area contributed by atoms with Crippen molar-refractivity contribution in [2.24, 2.45) is 0 Å². The summed E-state index contributed by atoms with van der Waals surface area (Å²) >= 11 is 0. The van der Waals surface area contributed by atoms with Crippen molar-refractivity contribution >= 4 is 5.97 Å². The van der Waals surface area contributed by atoms with E-state index in [2.05, 4.69) is 12.2 Å². The molecule has 0 bridgehead atoms. The van der Waals surface area contributed by atoms with Gasteiger partial charge >= 0.3 is 5.97 Å². The van der Waals surface area contributed by atoms with E-state index in [-0.39, 0.29) is 5.97 Å². The fourth-order valence-electron chi connectivity index (χ4n) is 2.07. The monoisotopic (exact) mass is 283 g/mol. The fourth-order valence-corrected chi connectivity index (χ4v) is 2.07. The Hall–Kier alpha value is -2.13. The molecule has 0 aliphatic rings. The number of nitrogens with one attached hydrogen (secondary N) is 1. The van der Waals surface area contributed by atoms with Crippen molar-refractivity contribution in [2.45, 2.75) is 26.5 Å². The lowest BCUT2D eigenvalue weighted by Crippen LogP contribution is -2.17. The summed E-state index contributed by atoms with van der Waals surface area (Å²) < 4.78 is 5.39. The molecule has 0 amide bonds. The molecule has 21 heavy (non-hydrogen) atoms. The lowest BCUT2D eigenvalue weighted by molar-refractivity contribution is 0.0471. The quantitative estimate of drug-likeness (QED) is 0.624. The van der Waals surface area contributed by atoms with Crippen LogP contribution in [0, 0.1) is 0 Å². The van der Waals surface area contributed by atoms with E-state index in [1.807, 2.05) is 54.6 Å². The third-order valence-corrected chi connectivity index (χ3v) is 3.19. The molecule has 3 heteroatoms. The lowest BCUT2D eigenvalue weighted by atomic mass is 10.1. The third kappa shape index (κ3) is 4.72. The topological polar surface area (TPSA) is 38.3 Å². The van der Waals surface area contributed by atoms with Crippen molar-refractivity contribution in [3.05, 3.63) is 71.3 Å². The molecule has 0 heterocycles. The molecule has 0 aliphatic carbocycles. The van der Waals surface area contributed by atoms with Crippen molar-refractivity contribution < 1.29 is 9.53 Å². The van der Waals surface area contributed by atoms with Gasteiger partial charge in [-0.2, -0.15) is 0 Å². The molecular formula is C18H21NO2. The Morgan fingerprint density at radius 1 is 1.05 bits per heavy atom. The van der Waals surface area contributed by atoms with Crippen LogP contribution in [0.4, 0.5) is 0 Å². The first-order valence-corrected chi connectivity index (χ1v) is 7.31. The highest BCUT2D eigenvalue weighted by atomic mass is 16.5. The molecule has 3 nitrogen and oxygen atoms in total. The van der Waals surface area contributed by atoms with Crippen molar-refractivity contribution in [3.8, 4) is 0 Å². The van der Waals surface area contributed by atoms with Gasteiger partial charge in [0, 0.05) is 6.54 Å². The van der Waals surface area contributed by atoms with Crippen LogP contribution in [0.2, 0.25) is 0 Å². The molecular weight excluding hydrogens is 262 g/mol. The Kier molecular flexibility index (Phi) is 5.98. The largest absolute Gasteiger partial charge is 0.457 e. The number of ether oxygens (including phenoxy) is 1. The molecule has 0 spiro atoms. The lowest BCUT2D eigenvalue weighted by Gasteiger charge is -2.10. The molecule has 0 radical (unpaired) electrons. The number of hydrogen-bond acceptors (Lipinski definition) is 3. The first kappa shape index (κ1) is 15.3. The van der Waals surface area contributed by atoms with Crippen LogP contribution in [-0.2, 0) is 17.9 Å². The van der Waals surface area contributed by atoms with Gasteiger partial charge in [-0.15, -0.1) is 0 Å². The first-order valence-electron chi connectivity index (χ1n) is 7.31. The Morgan fingerprint density at radius 2 is 1.76 bits per heavy atom. The number of carbonyl (C=O) groups is 1. The maximum absolute atomic E-state index is 12.2. The summed E-state index contributed by atoms with van der Waals surface area (Å²) in [6.45, 7) is 4.04. The predicted octanol–water partition coefficient (Wildman–Crippen LogP) is 3.54. The Labute approximate surface area is 126 Å². The molecule has 2 rings (SSSR count). The zero-order chi connectivity index (χ0) is 14.9. The molecule has 0 saturated carbocycles. The van der Waals surface area contributed by atoms with E-state index in [4.69, 9.17) is 4.74 Å². The second-order valence-electron chi connectivity index (χ2n) is 4.90. The Balaban J connectivity index is 1.98. The van der Waals surface area contributed by atoms with Crippen molar-refractivity contribution in [2.75, 3.05) is 6.54 Å². The van der Waals surface area contributed by atoms with E-state index in [0.29, 0.717) is 18.7 Å². The minimum atomic E-state index is -0.271. The average molecular weight is 283 g/mol. The standard InChI is InChI=1S/C18H21NO2/c1-2-12-19-13-16-10-6-7-11-17(16)18(20)21-14-15-8-4-3-5-9-15/h3-11,19H,2,12-14H2,1H3. The van der Waals surface area contributed by atoms with Crippen LogP contribution >= 0.6 is 0 Å². The number of hydrogen-bond donors (Lipinski definition) is 1. The normalized spacial score (nSPS) is 10.3. The van der Waals surface area contributed by atoms with E-state index < -0.39 is 0 Å². The molecule has 2 aromatic rings. The first-order chi connectivity index (χ1) is 10.3. The smallest absolute Gasteiger partial charge is 0.338 e. The van der Waals surface area contributed by atoms with Gasteiger partial charge in [-0.25, -0.2) is 4.79 Å². The van der Waals surface area contributed by atoms with E-state index >= 15 is 0 Å². The fraction of sp³-hybridized carbons (Fsp3) is 0.278. The van der Waals surface area contributed by atoms with Crippen LogP contribution in [0.15, 0.2) is 54.6 Å². The predicted molar refractivity (Wildman–Crippen MR) is 84.0 cm³/mol. The zero-order valence-electron chi connectivity index (χ0n) is 12.3. The van der Waals surface area contributed by atoms with Gasteiger partial charge in [0.25, 0.3) is 0 Å². The maximum atomic E-state index is 12.2. The minimum Gasteiger partial charge on any atom is -0.457 e. The van der Waals surface area contributed by atoms with Crippen LogP contribution < -0.4 is 5.32 Å². The van der Waals surface area contributed by atoms with Gasteiger partial charge in [0.1, 0.15) is 6.61 Å². The molecule has 0 atom stereocenters. The molecule has 1 N–H and O–H groups in total. The molecule has 0 unspecified atom stereocenters. The van der Waals surface area contributed by atoms with Gasteiger partial charge in [0.2, 0.25) is 0 Å². The van der Waals surface area contributed by atoms with Gasteiger partial charge in [0.05, 0.1) is 5.56 Å². The highest BCUT2D eigenvalue weighted by molar-refractivity contribution is 5.91. The summed E-state index contributed by atoms with van der Waals surface area (Å²) in [6, 6.07) is 17.3. The van der Waals surface area contributed by atoms with Crippen molar-refractivity contribution in [1.82, 2.24) is 5.32 Å². The van der Waals surface area contributed by atoms with E-state index in [9.17, 15) is 4.79 Å². The van der Waals surface area contributed by atoms with Crippen molar-refractivity contribution in [3.63, 3.8) is 0 Å². The molecule has 110 valence electrons. The number of benzene rings is 2. The Bertz CT molecular complexity index is 566. The van der Waals surface area contributed by atoms with Crippen LogP contribution in [0.5, 0.6) is 0 Å². The number of esters is 1. The highest BCUT2D eigenvalue weighted by Gasteiger charge is 2.12. The van der Waals surface area contributed by atoms with Gasteiger partial charge in [-0.3, -0.25) is 0 Å². The number of rotatable bonds is 7. The second kappa shape index (κ2) is 8.22. The molecule has 0 aromatic heterocycles. The van der Waals surface area contributed by atoms with E-state index in [0.717, 1.165) is 24.1 Å².